The Hall–Kier alpha value is -1.96. The summed E-state index contributed by atoms with van der Waals surface area (Å²) in [6, 6.07) is 0. The van der Waals surface area contributed by atoms with Crippen LogP contribution in [0.15, 0.2) is 72.7 Å². The molecule has 0 aromatic rings. The van der Waals surface area contributed by atoms with Gasteiger partial charge < -0.3 is 10.2 Å². The van der Waals surface area contributed by atoms with Gasteiger partial charge in [0.05, 0.1) is 11.4 Å². The maximum Gasteiger partial charge on any atom is 0.122 e. The van der Waals surface area contributed by atoms with E-state index in [0.717, 1.165) is 17.8 Å². The summed E-state index contributed by atoms with van der Waals surface area (Å²) in [6.07, 6.45) is 15.4. The van der Waals surface area contributed by atoms with Crippen molar-refractivity contribution in [3.05, 3.63) is 72.7 Å². The quantitative estimate of drug-likeness (QED) is 0.796. The Kier molecular flexibility index (Phi) is 3.33. The molecule has 0 spiro atoms. The summed E-state index contributed by atoms with van der Waals surface area (Å²) < 4.78 is 0. The van der Waals surface area contributed by atoms with Gasteiger partial charge in [-0.25, -0.2) is 0 Å². The summed E-state index contributed by atoms with van der Waals surface area (Å²) in [5, 5.41) is 3.47. The molecule has 1 N–H and O–H groups in total. The van der Waals surface area contributed by atoms with Gasteiger partial charge in [0.15, 0.2) is 0 Å². The molecule has 1 aliphatic carbocycles. The van der Waals surface area contributed by atoms with Crippen LogP contribution >= 0.6 is 0 Å². The number of rotatable bonds is 3. The maximum atomic E-state index is 3.85. The number of likely N-dealkylation sites (N-methyl/N-ethyl adjacent to an activating group) is 1. The van der Waals surface area contributed by atoms with Crippen LogP contribution in [0.25, 0.3) is 0 Å². The topological polar surface area (TPSA) is 15.3 Å². The van der Waals surface area contributed by atoms with Crippen LogP contribution in [0.4, 0.5) is 0 Å². The normalized spacial score (nSPS) is 23.2. The van der Waals surface area contributed by atoms with Crippen molar-refractivity contribution in [2.75, 3.05) is 7.05 Å². The van der Waals surface area contributed by atoms with Crippen LogP contribution in [0.3, 0.4) is 0 Å². The Morgan fingerprint density at radius 3 is 2.76 bits per heavy atom. The van der Waals surface area contributed by atoms with Crippen LogP contribution in [0.2, 0.25) is 0 Å². The standard InChI is InChI=1S/C15H18N2/c1-4-13-14(5-2)17(3)15(16-13)12-10-8-6-7-9-11-12/h4-10,15-16H,1-2,11H2,3H3. The van der Waals surface area contributed by atoms with Crippen LogP contribution in [0.5, 0.6) is 0 Å². The van der Waals surface area contributed by atoms with Gasteiger partial charge in [0.25, 0.3) is 0 Å². The van der Waals surface area contributed by atoms with E-state index in [1.54, 1.807) is 0 Å². The first-order chi connectivity index (χ1) is 8.27. The average molecular weight is 226 g/mol. The van der Waals surface area contributed by atoms with E-state index in [9.17, 15) is 0 Å². The van der Waals surface area contributed by atoms with E-state index in [0.29, 0.717) is 0 Å². The maximum absolute atomic E-state index is 3.85. The van der Waals surface area contributed by atoms with Crippen LogP contribution in [0, 0.1) is 0 Å². The fourth-order valence-corrected chi connectivity index (χ4v) is 2.20. The molecule has 2 nitrogen and oxygen atoms in total. The molecule has 1 atom stereocenters. The molecule has 0 bridgehead atoms. The monoisotopic (exact) mass is 226 g/mol. The van der Waals surface area contributed by atoms with Gasteiger partial charge in [-0.1, -0.05) is 43.5 Å². The van der Waals surface area contributed by atoms with E-state index in [1.165, 1.54) is 5.57 Å². The van der Waals surface area contributed by atoms with E-state index >= 15 is 0 Å². The molecular formula is C15H18N2. The van der Waals surface area contributed by atoms with Crippen LogP contribution in [-0.4, -0.2) is 18.1 Å². The zero-order valence-corrected chi connectivity index (χ0v) is 10.2. The van der Waals surface area contributed by atoms with Gasteiger partial charge >= 0.3 is 0 Å². The molecule has 17 heavy (non-hydrogen) atoms. The first-order valence-electron chi connectivity index (χ1n) is 5.78. The lowest BCUT2D eigenvalue weighted by atomic mass is 10.1. The lowest BCUT2D eigenvalue weighted by Gasteiger charge is -2.25. The molecule has 0 saturated heterocycles. The molecule has 0 amide bonds. The highest BCUT2D eigenvalue weighted by Gasteiger charge is 2.27. The molecule has 0 saturated carbocycles. The van der Waals surface area contributed by atoms with Crippen molar-refractivity contribution < 1.29 is 0 Å². The second kappa shape index (κ2) is 4.91. The highest BCUT2D eigenvalue weighted by atomic mass is 15.3. The molecule has 0 aromatic carbocycles. The molecule has 1 heterocycles. The van der Waals surface area contributed by atoms with Gasteiger partial charge in [0.1, 0.15) is 6.17 Å². The second-order valence-electron chi connectivity index (χ2n) is 4.12. The van der Waals surface area contributed by atoms with Gasteiger partial charge in [-0.2, -0.15) is 0 Å². The van der Waals surface area contributed by atoms with Crippen LogP contribution in [0.1, 0.15) is 6.42 Å². The van der Waals surface area contributed by atoms with Gasteiger partial charge in [-0.15, -0.1) is 0 Å². The van der Waals surface area contributed by atoms with E-state index in [1.807, 2.05) is 12.2 Å². The Balaban J connectivity index is 2.24. The predicted molar refractivity (Wildman–Crippen MR) is 73.1 cm³/mol. The zero-order chi connectivity index (χ0) is 12.3. The first-order valence-corrected chi connectivity index (χ1v) is 5.78. The summed E-state index contributed by atoms with van der Waals surface area (Å²) in [5.74, 6) is 0. The number of nitrogens with one attached hydrogen (secondary N) is 1. The molecule has 0 fully saturated rings. The minimum Gasteiger partial charge on any atom is -0.360 e. The first kappa shape index (κ1) is 11.5. The number of hydrogen-bond acceptors (Lipinski definition) is 2. The molecule has 2 rings (SSSR count). The third-order valence-electron chi connectivity index (χ3n) is 3.11. The molecule has 1 aliphatic heterocycles. The predicted octanol–water partition coefficient (Wildman–Crippen LogP) is 2.87. The minimum atomic E-state index is 0.198. The summed E-state index contributed by atoms with van der Waals surface area (Å²) in [7, 11) is 2.07. The van der Waals surface area contributed by atoms with Crippen molar-refractivity contribution in [1.82, 2.24) is 10.2 Å². The summed E-state index contributed by atoms with van der Waals surface area (Å²) in [4.78, 5) is 2.20. The van der Waals surface area contributed by atoms with Gasteiger partial charge in [-0.05, 0) is 24.1 Å². The molecule has 2 aliphatic rings. The average Bonchev–Trinajstić information content (AvgIpc) is 2.55. The molecule has 0 aromatic heterocycles. The molecule has 1 unspecified atom stereocenters. The van der Waals surface area contributed by atoms with E-state index in [4.69, 9.17) is 0 Å². The van der Waals surface area contributed by atoms with Crippen molar-refractivity contribution >= 4 is 0 Å². The van der Waals surface area contributed by atoms with Crippen LogP contribution in [-0.2, 0) is 0 Å². The van der Waals surface area contributed by atoms with Crippen molar-refractivity contribution in [1.29, 1.82) is 0 Å². The highest BCUT2D eigenvalue weighted by molar-refractivity contribution is 5.39. The Labute approximate surface area is 103 Å². The smallest absolute Gasteiger partial charge is 0.122 e. The highest BCUT2D eigenvalue weighted by Crippen LogP contribution is 2.26. The van der Waals surface area contributed by atoms with Crippen molar-refractivity contribution in [3.63, 3.8) is 0 Å². The fraction of sp³-hybridized carbons (Fsp3) is 0.200. The Morgan fingerprint density at radius 1 is 1.29 bits per heavy atom. The van der Waals surface area contributed by atoms with Crippen LogP contribution < -0.4 is 5.32 Å². The lowest BCUT2D eigenvalue weighted by Crippen LogP contribution is -2.36. The number of nitrogens with zero attached hydrogens (tertiary/aromatic N) is 1. The molecule has 2 heteroatoms. The molecule has 0 radical (unpaired) electrons. The Morgan fingerprint density at radius 2 is 2.12 bits per heavy atom. The van der Waals surface area contributed by atoms with Gasteiger partial charge in [0, 0.05) is 7.05 Å². The van der Waals surface area contributed by atoms with Crippen molar-refractivity contribution in [2.24, 2.45) is 0 Å². The summed E-state index contributed by atoms with van der Waals surface area (Å²) in [5.41, 5.74) is 3.49. The van der Waals surface area contributed by atoms with Gasteiger partial charge in [0.2, 0.25) is 0 Å². The SMILES string of the molecule is C=CC1=C(C=C)N(C)C(C2=CC=CC=CC2)N1. The molecule has 88 valence electrons. The van der Waals surface area contributed by atoms with Crippen molar-refractivity contribution in [2.45, 2.75) is 12.6 Å². The fourth-order valence-electron chi connectivity index (χ4n) is 2.20. The summed E-state index contributed by atoms with van der Waals surface area (Å²) >= 11 is 0. The second-order valence-corrected chi connectivity index (χ2v) is 4.12. The molecular weight excluding hydrogens is 208 g/mol. The largest absolute Gasteiger partial charge is 0.360 e. The number of allylic oxidation sites excluding steroid dienone is 7. The third-order valence-corrected chi connectivity index (χ3v) is 3.11. The van der Waals surface area contributed by atoms with E-state index < -0.39 is 0 Å². The van der Waals surface area contributed by atoms with Gasteiger partial charge in [-0.3, -0.25) is 0 Å². The van der Waals surface area contributed by atoms with E-state index in [-0.39, 0.29) is 6.17 Å². The minimum absolute atomic E-state index is 0.198. The lowest BCUT2D eigenvalue weighted by molar-refractivity contribution is 0.354. The number of hydrogen-bond donors (Lipinski definition) is 1. The van der Waals surface area contributed by atoms with Crippen molar-refractivity contribution in [3.8, 4) is 0 Å². The van der Waals surface area contributed by atoms with E-state index in [2.05, 4.69) is 60.8 Å². The summed E-state index contributed by atoms with van der Waals surface area (Å²) in [6.45, 7) is 7.69. The zero-order valence-electron chi connectivity index (χ0n) is 10.2. The third kappa shape index (κ3) is 2.11. The Bertz CT molecular complexity index is 450.